The number of aliphatic hydroxyl groups is 1. The number of aliphatic hydroxyl groups excluding tert-OH is 1. The molecule has 0 unspecified atom stereocenters. The summed E-state index contributed by atoms with van der Waals surface area (Å²) in [4.78, 5) is 19.9. The lowest BCUT2D eigenvalue weighted by molar-refractivity contribution is -0.384. The highest BCUT2D eigenvalue weighted by molar-refractivity contribution is 7.21. The Balaban J connectivity index is 2.18. The minimum absolute atomic E-state index is 0.0222. The first-order valence-corrected chi connectivity index (χ1v) is 6.61. The van der Waals surface area contributed by atoms with E-state index in [9.17, 15) is 10.1 Å². The largest absolute Gasteiger partial charge is 0.392 e. The highest BCUT2D eigenvalue weighted by atomic mass is 32.1. The molecule has 100 valence electrons. The molecule has 0 bridgehead atoms. The molecule has 0 fully saturated rings. The Hall–Kier alpha value is -2.38. The Morgan fingerprint density at radius 3 is 2.90 bits per heavy atom. The van der Waals surface area contributed by atoms with Crippen molar-refractivity contribution in [3.05, 3.63) is 52.2 Å². The molecule has 20 heavy (non-hydrogen) atoms. The second kappa shape index (κ2) is 4.95. The zero-order valence-electron chi connectivity index (χ0n) is 10.2. The summed E-state index contributed by atoms with van der Waals surface area (Å²) in [6.07, 6.45) is 1.57. The summed E-state index contributed by atoms with van der Waals surface area (Å²) in [5.74, 6) is 0. The smallest absolute Gasteiger partial charge is 0.279 e. The highest BCUT2D eigenvalue weighted by Crippen LogP contribution is 2.34. The third kappa shape index (κ3) is 2.13. The summed E-state index contributed by atoms with van der Waals surface area (Å²) >= 11 is 1.29. The lowest BCUT2D eigenvalue weighted by Gasteiger charge is -1.97. The number of aromatic nitrogens is 2. The van der Waals surface area contributed by atoms with E-state index in [0.717, 1.165) is 0 Å². The average Bonchev–Trinajstić information content (AvgIpc) is 2.89. The number of hydrogen-bond donors (Lipinski definition) is 1. The standard InChI is InChI=1S/C13H9N3O3S/c17-7-8-5-10-13(14-6-8)20-12(15-10)9-3-1-2-4-11(9)16(18)19/h1-6,17H,7H2. The third-order valence-electron chi connectivity index (χ3n) is 2.82. The van der Waals surface area contributed by atoms with Crippen molar-refractivity contribution in [3.63, 3.8) is 0 Å². The van der Waals surface area contributed by atoms with Crippen molar-refractivity contribution < 1.29 is 10.0 Å². The molecule has 0 spiro atoms. The number of thiazole rings is 1. The van der Waals surface area contributed by atoms with Crippen LogP contribution in [0.2, 0.25) is 0 Å². The van der Waals surface area contributed by atoms with E-state index in [1.54, 1.807) is 30.5 Å². The van der Waals surface area contributed by atoms with Gasteiger partial charge in [0.1, 0.15) is 15.4 Å². The zero-order chi connectivity index (χ0) is 14.1. The molecule has 0 aliphatic carbocycles. The number of pyridine rings is 1. The number of nitro groups is 1. The van der Waals surface area contributed by atoms with Gasteiger partial charge in [-0.25, -0.2) is 9.97 Å². The first kappa shape index (κ1) is 12.6. The second-order valence-electron chi connectivity index (χ2n) is 4.12. The van der Waals surface area contributed by atoms with Crippen LogP contribution in [0.1, 0.15) is 5.56 Å². The van der Waals surface area contributed by atoms with Crippen molar-refractivity contribution in [2.75, 3.05) is 0 Å². The van der Waals surface area contributed by atoms with Crippen LogP contribution < -0.4 is 0 Å². The molecule has 2 heterocycles. The van der Waals surface area contributed by atoms with E-state index >= 15 is 0 Å². The Bertz CT molecular complexity index is 800. The van der Waals surface area contributed by atoms with Gasteiger partial charge < -0.3 is 5.11 Å². The molecule has 0 aliphatic heterocycles. The number of fused-ring (bicyclic) bond motifs is 1. The van der Waals surface area contributed by atoms with Gasteiger partial charge in [0.2, 0.25) is 0 Å². The quantitative estimate of drug-likeness (QED) is 0.591. The molecule has 3 rings (SSSR count). The van der Waals surface area contributed by atoms with E-state index in [1.165, 1.54) is 17.4 Å². The van der Waals surface area contributed by atoms with Gasteiger partial charge in [0.15, 0.2) is 0 Å². The molecular formula is C13H9N3O3S. The molecule has 1 N–H and O–H groups in total. The molecule has 0 radical (unpaired) electrons. The normalized spacial score (nSPS) is 10.8. The molecule has 2 aromatic heterocycles. The molecule has 3 aromatic rings. The van der Waals surface area contributed by atoms with Crippen LogP contribution in [0, 0.1) is 10.1 Å². The molecular weight excluding hydrogens is 278 g/mol. The zero-order valence-corrected chi connectivity index (χ0v) is 11.0. The Morgan fingerprint density at radius 1 is 1.35 bits per heavy atom. The number of benzene rings is 1. The molecule has 0 atom stereocenters. The fourth-order valence-corrected chi connectivity index (χ4v) is 2.80. The minimum atomic E-state index is -0.423. The van der Waals surface area contributed by atoms with Crippen LogP contribution in [0.5, 0.6) is 0 Å². The van der Waals surface area contributed by atoms with E-state index in [4.69, 9.17) is 5.11 Å². The first-order valence-electron chi connectivity index (χ1n) is 5.79. The number of hydrogen-bond acceptors (Lipinski definition) is 6. The first-order chi connectivity index (χ1) is 9.69. The summed E-state index contributed by atoms with van der Waals surface area (Å²) in [5, 5.41) is 20.7. The van der Waals surface area contributed by atoms with E-state index in [-0.39, 0.29) is 12.3 Å². The van der Waals surface area contributed by atoms with Crippen molar-refractivity contribution in [3.8, 4) is 10.6 Å². The lowest BCUT2D eigenvalue weighted by atomic mass is 10.2. The van der Waals surface area contributed by atoms with Crippen molar-refractivity contribution in [2.24, 2.45) is 0 Å². The van der Waals surface area contributed by atoms with Gasteiger partial charge in [0.05, 0.1) is 17.1 Å². The SMILES string of the molecule is O=[N+]([O-])c1ccccc1-c1nc2cc(CO)cnc2s1. The highest BCUT2D eigenvalue weighted by Gasteiger charge is 2.18. The summed E-state index contributed by atoms with van der Waals surface area (Å²) < 4.78 is 0. The maximum atomic E-state index is 11.0. The summed E-state index contributed by atoms with van der Waals surface area (Å²) in [5.41, 5.74) is 1.80. The van der Waals surface area contributed by atoms with E-state index in [1.807, 2.05) is 0 Å². The van der Waals surface area contributed by atoms with Crippen molar-refractivity contribution in [1.29, 1.82) is 0 Å². The van der Waals surface area contributed by atoms with Crippen molar-refractivity contribution in [1.82, 2.24) is 9.97 Å². The fourth-order valence-electron chi connectivity index (χ4n) is 1.88. The van der Waals surface area contributed by atoms with Gasteiger partial charge in [-0.05, 0) is 17.7 Å². The van der Waals surface area contributed by atoms with Gasteiger partial charge in [-0.1, -0.05) is 23.5 Å². The Labute approximate surface area is 117 Å². The monoisotopic (exact) mass is 287 g/mol. The summed E-state index contributed by atoms with van der Waals surface area (Å²) in [6.45, 7) is -0.110. The predicted octanol–water partition coefficient (Wildman–Crippen LogP) is 2.76. The number of nitro benzene ring substituents is 1. The Kier molecular flexibility index (Phi) is 3.13. The molecule has 0 amide bonds. The molecule has 0 saturated heterocycles. The van der Waals surface area contributed by atoms with Gasteiger partial charge in [0, 0.05) is 12.3 Å². The van der Waals surface area contributed by atoms with Crippen LogP contribution in [0.15, 0.2) is 36.5 Å². The van der Waals surface area contributed by atoms with Crippen LogP contribution in [-0.2, 0) is 6.61 Å². The number of rotatable bonds is 3. The molecule has 0 saturated carbocycles. The van der Waals surface area contributed by atoms with Crippen LogP contribution in [0.4, 0.5) is 5.69 Å². The van der Waals surface area contributed by atoms with E-state index in [2.05, 4.69) is 9.97 Å². The molecule has 1 aromatic carbocycles. The molecule has 7 heteroatoms. The van der Waals surface area contributed by atoms with Crippen LogP contribution in [0.3, 0.4) is 0 Å². The molecule has 6 nitrogen and oxygen atoms in total. The summed E-state index contributed by atoms with van der Waals surface area (Å²) in [6, 6.07) is 8.21. The maximum Gasteiger partial charge on any atom is 0.279 e. The average molecular weight is 287 g/mol. The third-order valence-corrected chi connectivity index (χ3v) is 3.83. The molecule has 0 aliphatic rings. The number of para-hydroxylation sites is 1. The van der Waals surface area contributed by atoms with E-state index in [0.29, 0.717) is 26.5 Å². The van der Waals surface area contributed by atoms with Gasteiger partial charge in [0.25, 0.3) is 5.69 Å². The fraction of sp³-hybridized carbons (Fsp3) is 0.0769. The van der Waals surface area contributed by atoms with Crippen molar-refractivity contribution in [2.45, 2.75) is 6.61 Å². The van der Waals surface area contributed by atoms with Crippen LogP contribution in [-0.4, -0.2) is 20.0 Å². The topological polar surface area (TPSA) is 89.2 Å². The lowest BCUT2D eigenvalue weighted by Crippen LogP contribution is -1.90. The van der Waals surface area contributed by atoms with Crippen molar-refractivity contribution >= 4 is 27.4 Å². The van der Waals surface area contributed by atoms with E-state index < -0.39 is 4.92 Å². The van der Waals surface area contributed by atoms with Crippen LogP contribution in [0.25, 0.3) is 20.9 Å². The minimum Gasteiger partial charge on any atom is -0.392 e. The summed E-state index contributed by atoms with van der Waals surface area (Å²) in [7, 11) is 0. The van der Waals surface area contributed by atoms with Gasteiger partial charge >= 0.3 is 0 Å². The van der Waals surface area contributed by atoms with Gasteiger partial charge in [-0.3, -0.25) is 10.1 Å². The van der Waals surface area contributed by atoms with Gasteiger partial charge in [-0.15, -0.1) is 0 Å². The van der Waals surface area contributed by atoms with Gasteiger partial charge in [-0.2, -0.15) is 0 Å². The van der Waals surface area contributed by atoms with Crippen LogP contribution >= 0.6 is 11.3 Å². The maximum absolute atomic E-state index is 11.0. The predicted molar refractivity (Wildman–Crippen MR) is 75.4 cm³/mol. The second-order valence-corrected chi connectivity index (χ2v) is 5.10. The Morgan fingerprint density at radius 2 is 2.15 bits per heavy atom. The number of nitrogens with zero attached hydrogens (tertiary/aromatic N) is 3.